The minimum atomic E-state index is 0.244. The molecule has 1 aromatic heterocycles. The molecule has 2 aliphatic heterocycles. The maximum Gasteiger partial charge on any atom is 0.225 e. The lowest BCUT2D eigenvalue weighted by molar-refractivity contribution is 0.0268. The lowest BCUT2D eigenvalue weighted by atomic mass is 9.96. The Morgan fingerprint density at radius 1 is 1.12 bits per heavy atom. The van der Waals surface area contributed by atoms with Crippen molar-refractivity contribution in [2.24, 2.45) is 11.8 Å². The molecule has 138 valence electrons. The van der Waals surface area contributed by atoms with Crippen LogP contribution in [0.2, 0.25) is 0 Å². The number of hydrogen-bond donors (Lipinski definition) is 1. The van der Waals surface area contributed by atoms with Gasteiger partial charge in [0.1, 0.15) is 0 Å². The van der Waals surface area contributed by atoms with Gasteiger partial charge in [-0.1, -0.05) is 12.8 Å². The van der Waals surface area contributed by atoms with Crippen LogP contribution in [0.1, 0.15) is 37.3 Å². The number of morpholine rings is 1. The summed E-state index contributed by atoms with van der Waals surface area (Å²) in [6.07, 6.45) is 7.08. The van der Waals surface area contributed by atoms with Gasteiger partial charge in [-0.25, -0.2) is 9.97 Å². The van der Waals surface area contributed by atoms with Gasteiger partial charge in [0.15, 0.2) is 0 Å². The Hall–Kier alpha value is -1.24. The summed E-state index contributed by atoms with van der Waals surface area (Å²) in [6, 6.07) is 2.09. The van der Waals surface area contributed by atoms with E-state index in [9.17, 15) is 5.11 Å². The van der Waals surface area contributed by atoms with E-state index < -0.39 is 0 Å². The fourth-order valence-corrected chi connectivity index (χ4v) is 4.59. The lowest BCUT2D eigenvalue weighted by Crippen LogP contribution is -2.41. The van der Waals surface area contributed by atoms with Gasteiger partial charge in [-0.05, 0) is 24.8 Å². The van der Waals surface area contributed by atoms with Crippen LogP contribution in [0, 0.1) is 11.8 Å². The predicted molar refractivity (Wildman–Crippen MR) is 96.8 cm³/mol. The Kier molecular flexibility index (Phi) is 5.48. The smallest absolute Gasteiger partial charge is 0.225 e. The third-order valence-corrected chi connectivity index (χ3v) is 6.13. The van der Waals surface area contributed by atoms with Crippen molar-refractivity contribution in [3.05, 3.63) is 18.0 Å². The van der Waals surface area contributed by atoms with Crippen molar-refractivity contribution < 1.29 is 9.84 Å². The van der Waals surface area contributed by atoms with Gasteiger partial charge < -0.3 is 14.7 Å². The standard InChI is InChI=1S/C19H30N4O2/c24-14-17-13-23(12-16(17)11-22-7-9-25-10-8-22)19-20-6-5-18(21-19)15-3-1-2-4-15/h5-6,15-17,24H,1-4,7-14H2/t16-,17-/m0/s1. The average molecular weight is 346 g/mol. The first-order valence-corrected chi connectivity index (χ1v) is 9.82. The first-order valence-electron chi connectivity index (χ1n) is 9.82. The van der Waals surface area contributed by atoms with Crippen LogP contribution in [0.25, 0.3) is 0 Å². The summed E-state index contributed by atoms with van der Waals surface area (Å²) < 4.78 is 5.45. The Morgan fingerprint density at radius 3 is 2.64 bits per heavy atom. The van der Waals surface area contributed by atoms with Crippen molar-refractivity contribution in [2.45, 2.75) is 31.6 Å². The van der Waals surface area contributed by atoms with E-state index in [1.807, 2.05) is 6.20 Å². The Morgan fingerprint density at radius 2 is 1.88 bits per heavy atom. The Balaban J connectivity index is 1.43. The second-order valence-electron chi connectivity index (χ2n) is 7.78. The molecule has 1 N–H and O–H groups in total. The van der Waals surface area contributed by atoms with E-state index in [1.54, 1.807) is 0 Å². The van der Waals surface area contributed by atoms with E-state index in [2.05, 4.69) is 20.9 Å². The number of aliphatic hydroxyl groups excluding tert-OH is 1. The van der Waals surface area contributed by atoms with Gasteiger partial charge in [0, 0.05) is 63.1 Å². The van der Waals surface area contributed by atoms with Crippen LogP contribution in [0.15, 0.2) is 12.3 Å². The van der Waals surface area contributed by atoms with E-state index in [0.717, 1.165) is 51.9 Å². The Labute approximate surface area is 150 Å². The monoisotopic (exact) mass is 346 g/mol. The second kappa shape index (κ2) is 7.98. The molecule has 2 saturated heterocycles. The lowest BCUT2D eigenvalue weighted by Gasteiger charge is -2.30. The van der Waals surface area contributed by atoms with Crippen LogP contribution < -0.4 is 4.90 Å². The zero-order valence-corrected chi connectivity index (χ0v) is 15.0. The van der Waals surface area contributed by atoms with Crippen molar-refractivity contribution in [1.82, 2.24) is 14.9 Å². The number of aromatic nitrogens is 2. The van der Waals surface area contributed by atoms with E-state index in [0.29, 0.717) is 17.8 Å². The van der Waals surface area contributed by atoms with Crippen LogP contribution >= 0.6 is 0 Å². The van der Waals surface area contributed by atoms with Crippen molar-refractivity contribution in [2.75, 3.05) is 57.4 Å². The highest BCUT2D eigenvalue weighted by Crippen LogP contribution is 2.34. The van der Waals surface area contributed by atoms with Gasteiger partial charge in [0.25, 0.3) is 0 Å². The number of aliphatic hydroxyl groups is 1. The molecule has 1 saturated carbocycles. The molecule has 2 atom stereocenters. The van der Waals surface area contributed by atoms with Gasteiger partial charge >= 0.3 is 0 Å². The van der Waals surface area contributed by atoms with Crippen molar-refractivity contribution in [3.63, 3.8) is 0 Å². The first-order chi connectivity index (χ1) is 12.3. The molecule has 4 rings (SSSR count). The molecule has 0 radical (unpaired) electrons. The van der Waals surface area contributed by atoms with Crippen LogP contribution in [-0.2, 0) is 4.74 Å². The molecule has 1 aliphatic carbocycles. The molecular weight excluding hydrogens is 316 g/mol. The summed E-state index contributed by atoms with van der Waals surface area (Å²) >= 11 is 0. The summed E-state index contributed by atoms with van der Waals surface area (Å²) in [5.41, 5.74) is 1.21. The highest BCUT2D eigenvalue weighted by atomic mass is 16.5. The first kappa shape index (κ1) is 17.2. The quantitative estimate of drug-likeness (QED) is 0.872. The third kappa shape index (κ3) is 3.96. The fourth-order valence-electron chi connectivity index (χ4n) is 4.59. The molecular formula is C19H30N4O2. The molecule has 3 heterocycles. The van der Waals surface area contributed by atoms with Crippen LogP contribution in [-0.4, -0.2) is 72.5 Å². The fraction of sp³-hybridized carbons (Fsp3) is 0.789. The van der Waals surface area contributed by atoms with E-state index in [1.165, 1.54) is 31.4 Å². The molecule has 0 spiro atoms. The molecule has 3 aliphatic rings. The summed E-state index contributed by atoms with van der Waals surface area (Å²) in [6.45, 7) is 6.74. The topological polar surface area (TPSA) is 61.7 Å². The molecule has 6 nitrogen and oxygen atoms in total. The SMILES string of the molecule is OC[C@@H]1CN(c2nccc(C3CCCC3)n2)C[C@@H]1CN1CCOCC1. The van der Waals surface area contributed by atoms with Gasteiger partial charge in [0.05, 0.1) is 13.2 Å². The summed E-state index contributed by atoms with van der Waals surface area (Å²) in [5, 5.41) is 9.85. The minimum absolute atomic E-state index is 0.244. The van der Waals surface area contributed by atoms with Crippen LogP contribution in [0.3, 0.4) is 0 Å². The maximum atomic E-state index is 9.85. The highest BCUT2D eigenvalue weighted by Gasteiger charge is 2.35. The van der Waals surface area contributed by atoms with E-state index in [4.69, 9.17) is 9.72 Å². The Bertz CT molecular complexity index is 558. The van der Waals surface area contributed by atoms with Gasteiger partial charge in [0.2, 0.25) is 5.95 Å². The average Bonchev–Trinajstić information content (AvgIpc) is 3.33. The van der Waals surface area contributed by atoms with E-state index in [-0.39, 0.29) is 6.61 Å². The number of anilines is 1. The highest BCUT2D eigenvalue weighted by molar-refractivity contribution is 5.33. The number of nitrogens with zero attached hydrogens (tertiary/aromatic N) is 4. The van der Waals surface area contributed by atoms with Gasteiger partial charge in [-0.15, -0.1) is 0 Å². The normalized spacial score (nSPS) is 28.8. The predicted octanol–water partition coefficient (Wildman–Crippen LogP) is 1.51. The summed E-state index contributed by atoms with van der Waals surface area (Å²) in [7, 11) is 0. The number of rotatable bonds is 5. The molecule has 25 heavy (non-hydrogen) atoms. The molecule has 0 unspecified atom stereocenters. The zero-order chi connectivity index (χ0) is 17.1. The van der Waals surface area contributed by atoms with Crippen molar-refractivity contribution in [3.8, 4) is 0 Å². The molecule has 1 aromatic rings. The molecule has 6 heteroatoms. The minimum Gasteiger partial charge on any atom is -0.396 e. The van der Waals surface area contributed by atoms with Crippen molar-refractivity contribution >= 4 is 5.95 Å². The molecule has 0 aromatic carbocycles. The van der Waals surface area contributed by atoms with Gasteiger partial charge in [-0.3, -0.25) is 4.90 Å². The van der Waals surface area contributed by atoms with Crippen LogP contribution in [0.4, 0.5) is 5.95 Å². The van der Waals surface area contributed by atoms with Crippen LogP contribution in [0.5, 0.6) is 0 Å². The molecule has 0 bridgehead atoms. The zero-order valence-electron chi connectivity index (χ0n) is 15.0. The summed E-state index contributed by atoms with van der Waals surface area (Å²) in [5.74, 6) is 2.25. The largest absolute Gasteiger partial charge is 0.396 e. The number of ether oxygens (including phenoxy) is 1. The van der Waals surface area contributed by atoms with Crippen molar-refractivity contribution in [1.29, 1.82) is 0 Å². The molecule has 0 amide bonds. The summed E-state index contributed by atoms with van der Waals surface area (Å²) in [4.78, 5) is 14.2. The maximum absolute atomic E-state index is 9.85. The third-order valence-electron chi connectivity index (χ3n) is 6.13. The second-order valence-corrected chi connectivity index (χ2v) is 7.78. The van der Waals surface area contributed by atoms with Gasteiger partial charge in [-0.2, -0.15) is 0 Å². The molecule has 3 fully saturated rings. The van der Waals surface area contributed by atoms with E-state index >= 15 is 0 Å². The number of hydrogen-bond acceptors (Lipinski definition) is 6.